The molecule has 0 bridgehead atoms. The van der Waals surface area contributed by atoms with Crippen molar-refractivity contribution in [3.63, 3.8) is 0 Å². The molecule has 7 heteroatoms. The fourth-order valence-electron chi connectivity index (χ4n) is 4.04. The van der Waals surface area contributed by atoms with Crippen LogP contribution >= 0.6 is 11.3 Å². The molecule has 0 saturated carbocycles. The number of rotatable bonds is 5. The number of hydrogen-bond donors (Lipinski definition) is 0. The van der Waals surface area contributed by atoms with Gasteiger partial charge in [0.2, 0.25) is 5.91 Å². The maximum absolute atomic E-state index is 13.1. The van der Waals surface area contributed by atoms with Gasteiger partial charge in [0.1, 0.15) is 5.75 Å². The maximum Gasteiger partial charge on any atom is 0.244 e. The molecule has 2 aliphatic heterocycles. The summed E-state index contributed by atoms with van der Waals surface area (Å²) < 4.78 is 5.44. The first-order valence-corrected chi connectivity index (χ1v) is 10.4. The summed E-state index contributed by atoms with van der Waals surface area (Å²) >= 11 is 1.71. The minimum Gasteiger partial charge on any atom is -0.495 e. The Hall–Kier alpha value is -1.96. The van der Waals surface area contributed by atoms with E-state index in [1.54, 1.807) is 18.4 Å². The number of nitrogens with zero attached hydrogens (tertiary/aromatic N) is 4. The van der Waals surface area contributed by atoms with Gasteiger partial charge in [0, 0.05) is 44.6 Å². The zero-order valence-electron chi connectivity index (χ0n) is 15.9. The molecule has 6 nitrogen and oxygen atoms in total. The summed E-state index contributed by atoms with van der Waals surface area (Å²) in [6, 6.07) is 7.75. The quantitative estimate of drug-likeness (QED) is 0.790. The normalized spacial score (nSPS) is 21.8. The average Bonchev–Trinajstić information content (AvgIpc) is 3.28. The van der Waals surface area contributed by atoms with Gasteiger partial charge in [-0.2, -0.15) is 0 Å². The SMILES string of the molecule is COc1ccccc1N1CCC(N2CCN(Cc3csc(C)n3)CC2)C1=O. The Labute approximate surface area is 164 Å². The summed E-state index contributed by atoms with van der Waals surface area (Å²) in [7, 11) is 1.65. The Morgan fingerprint density at radius 3 is 2.67 bits per heavy atom. The first-order valence-electron chi connectivity index (χ1n) is 9.47. The van der Waals surface area contributed by atoms with Crippen molar-refractivity contribution in [3.8, 4) is 5.75 Å². The van der Waals surface area contributed by atoms with Crippen LogP contribution < -0.4 is 9.64 Å². The molecule has 144 valence electrons. The van der Waals surface area contributed by atoms with Crippen LogP contribution in [-0.4, -0.2) is 66.6 Å². The minimum absolute atomic E-state index is 0.0152. The van der Waals surface area contributed by atoms with Gasteiger partial charge in [-0.05, 0) is 25.5 Å². The predicted molar refractivity (Wildman–Crippen MR) is 107 cm³/mol. The molecule has 0 radical (unpaired) electrons. The molecule has 27 heavy (non-hydrogen) atoms. The Kier molecular flexibility index (Phi) is 5.43. The summed E-state index contributed by atoms with van der Waals surface area (Å²) in [4.78, 5) is 24.3. The Morgan fingerprint density at radius 1 is 1.19 bits per heavy atom. The highest BCUT2D eigenvalue weighted by Gasteiger charge is 2.38. The summed E-state index contributed by atoms with van der Waals surface area (Å²) in [5.74, 6) is 0.956. The van der Waals surface area contributed by atoms with Crippen molar-refractivity contribution in [3.05, 3.63) is 40.3 Å². The lowest BCUT2D eigenvalue weighted by Crippen LogP contribution is -2.52. The van der Waals surface area contributed by atoms with Crippen LogP contribution in [0.3, 0.4) is 0 Å². The van der Waals surface area contributed by atoms with E-state index in [2.05, 4.69) is 20.2 Å². The third kappa shape index (κ3) is 3.85. The van der Waals surface area contributed by atoms with E-state index >= 15 is 0 Å². The molecule has 3 heterocycles. The van der Waals surface area contributed by atoms with Crippen LogP contribution in [0.2, 0.25) is 0 Å². The molecule has 2 aliphatic rings. The predicted octanol–water partition coefficient (Wildman–Crippen LogP) is 2.38. The van der Waals surface area contributed by atoms with E-state index in [-0.39, 0.29) is 11.9 Å². The standard InChI is InChI=1S/C20H26N4O2S/c1-15-21-16(14-27-15)13-22-9-11-23(12-10-22)18-7-8-24(20(18)25)17-5-3-4-6-19(17)26-2/h3-6,14,18H,7-13H2,1-2H3. The van der Waals surface area contributed by atoms with Crippen LogP contribution in [0, 0.1) is 6.92 Å². The minimum atomic E-state index is -0.0152. The maximum atomic E-state index is 13.1. The number of piperazine rings is 1. The van der Waals surface area contributed by atoms with Crippen LogP contribution in [-0.2, 0) is 11.3 Å². The number of hydrogen-bond acceptors (Lipinski definition) is 6. The van der Waals surface area contributed by atoms with Gasteiger partial charge in [-0.15, -0.1) is 11.3 Å². The summed E-state index contributed by atoms with van der Waals surface area (Å²) in [5, 5.41) is 3.27. The number of amides is 1. The number of methoxy groups -OCH3 is 1. The first-order chi connectivity index (χ1) is 13.2. The van der Waals surface area contributed by atoms with Crippen LogP contribution in [0.1, 0.15) is 17.1 Å². The molecule has 2 aromatic rings. The number of anilines is 1. The van der Waals surface area contributed by atoms with Gasteiger partial charge in [0.15, 0.2) is 0 Å². The fraction of sp³-hybridized carbons (Fsp3) is 0.500. The smallest absolute Gasteiger partial charge is 0.244 e. The third-order valence-corrected chi connectivity index (χ3v) is 6.28. The van der Waals surface area contributed by atoms with Gasteiger partial charge >= 0.3 is 0 Å². The number of aromatic nitrogens is 1. The van der Waals surface area contributed by atoms with Crippen molar-refractivity contribution in [2.24, 2.45) is 0 Å². The molecule has 0 N–H and O–H groups in total. The lowest BCUT2D eigenvalue weighted by molar-refractivity contribution is -0.122. The molecular formula is C20H26N4O2S. The summed E-state index contributed by atoms with van der Waals surface area (Å²) in [6.07, 6.45) is 0.877. The number of thiazole rings is 1. The molecule has 0 spiro atoms. The van der Waals surface area contributed by atoms with Crippen molar-refractivity contribution in [1.29, 1.82) is 0 Å². The second kappa shape index (κ2) is 7.96. The molecule has 1 unspecified atom stereocenters. The molecule has 1 aromatic carbocycles. The van der Waals surface area contributed by atoms with E-state index < -0.39 is 0 Å². The van der Waals surface area contributed by atoms with E-state index in [9.17, 15) is 4.79 Å². The van der Waals surface area contributed by atoms with Gasteiger partial charge < -0.3 is 9.64 Å². The molecule has 4 rings (SSSR count). The number of para-hydroxylation sites is 2. The number of ether oxygens (including phenoxy) is 1. The van der Waals surface area contributed by atoms with Crippen LogP contribution in [0.4, 0.5) is 5.69 Å². The third-order valence-electron chi connectivity index (χ3n) is 5.45. The lowest BCUT2D eigenvalue weighted by atomic mass is 10.1. The van der Waals surface area contributed by atoms with Crippen LogP contribution in [0.5, 0.6) is 5.75 Å². The molecule has 1 atom stereocenters. The van der Waals surface area contributed by atoms with Gasteiger partial charge in [-0.3, -0.25) is 14.6 Å². The van der Waals surface area contributed by atoms with E-state index in [0.717, 1.165) is 67.8 Å². The molecule has 0 aliphatic carbocycles. The lowest BCUT2D eigenvalue weighted by Gasteiger charge is -2.37. The molecule has 2 saturated heterocycles. The molecule has 2 fully saturated rings. The highest BCUT2D eigenvalue weighted by atomic mass is 32.1. The van der Waals surface area contributed by atoms with Crippen molar-refractivity contribution < 1.29 is 9.53 Å². The van der Waals surface area contributed by atoms with Gasteiger partial charge in [0.25, 0.3) is 0 Å². The average molecular weight is 387 g/mol. The van der Waals surface area contributed by atoms with E-state index in [4.69, 9.17) is 4.74 Å². The topological polar surface area (TPSA) is 48.9 Å². The number of carbonyl (C=O) groups is 1. The van der Waals surface area contributed by atoms with Crippen molar-refractivity contribution >= 4 is 22.9 Å². The van der Waals surface area contributed by atoms with Crippen molar-refractivity contribution in [2.75, 3.05) is 44.7 Å². The number of benzene rings is 1. The van der Waals surface area contributed by atoms with Crippen LogP contribution in [0.25, 0.3) is 0 Å². The zero-order valence-corrected chi connectivity index (χ0v) is 16.7. The molecule has 1 amide bonds. The van der Waals surface area contributed by atoms with E-state index in [0.29, 0.717) is 0 Å². The second-order valence-corrected chi connectivity index (χ2v) is 8.20. The molecular weight excluding hydrogens is 360 g/mol. The Morgan fingerprint density at radius 2 is 1.96 bits per heavy atom. The van der Waals surface area contributed by atoms with Crippen molar-refractivity contribution in [1.82, 2.24) is 14.8 Å². The highest BCUT2D eigenvalue weighted by molar-refractivity contribution is 7.09. The van der Waals surface area contributed by atoms with Crippen molar-refractivity contribution in [2.45, 2.75) is 25.9 Å². The summed E-state index contributed by atoms with van der Waals surface area (Å²) in [6.45, 7) is 7.53. The van der Waals surface area contributed by atoms with Gasteiger partial charge in [0.05, 0.1) is 29.5 Å². The number of aryl methyl sites for hydroxylation is 1. The summed E-state index contributed by atoms with van der Waals surface area (Å²) in [5.41, 5.74) is 2.04. The van der Waals surface area contributed by atoms with Gasteiger partial charge in [-0.1, -0.05) is 12.1 Å². The number of carbonyl (C=O) groups excluding carboxylic acids is 1. The Balaban J connectivity index is 1.36. The Bertz CT molecular complexity index is 801. The van der Waals surface area contributed by atoms with Gasteiger partial charge in [-0.25, -0.2) is 4.98 Å². The fourth-order valence-corrected chi connectivity index (χ4v) is 4.64. The zero-order chi connectivity index (χ0) is 18.8. The highest BCUT2D eigenvalue weighted by Crippen LogP contribution is 2.32. The monoisotopic (exact) mass is 386 g/mol. The second-order valence-electron chi connectivity index (χ2n) is 7.14. The van der Waals surface area contributed by atoms with E-state index in [1.165, 1.54) is 0 Å². The van der Waals surface area contributed by atoms with E-state index in [1.807, 2.05) is 36.1 Å². The first kappa shape index (κ1) is 18.4. The molecule has 1 aromatic heterocycles. The van der Waals surface area contributed by atoms with Crippen LogP contribution in [0.15, 0.2) is 29.6 Å². The largest absolute Gasteiger partial charge is 0.495 e.